The Bertz CT molecular complexity index is 975. The lowest BCUT2D eigenvalue weighted by atomic mass is 10.2. The number of anilines is 1. The van der Waals surface area contributed by atoms with Crippen molar-refractivity contribution < 1.29 is 9.18 Å². The van der Waals surface area contributed by atoms with Crippen LogP contribution in [0.3, 0.4) is 0 Å². The van der Waals surface area contributed by atoms with E-state index >= 15 is 0 Å². The van der Waals surface area contributed by atoms with Crippen molar-refractivity contribution in [1.29, 1.82) is 0 Å². The quantitative estimate of drug-likeness (QED) is 0.701. The van der Waals surface area contributed by atoms with Crippen LogP contribution < -0.4 is 5.32 Å². The molecule has 0 aliphatic carbocycles. The second kappa shape index (κ2) is 6.97. The molecule has 0 bridgehead atoms. The molecule has 0 spiro atoms. The van der Waals surface area contributed by atoms with Crippen LogP contribution in [0.2, 0.25) is 5.02 Å². The van der Waals surface area contributed by atoms with E-state index in [1.807, 2.05) is 20.8 Å². The number of hydrogen-bond donors (Lipinski definition) is 1. The first-order valence-corrected chi connectivity index (χ1v) is 8.80. The smallest absolute Gasteiger partial charge is 0.253 e. The molecule has 3 aromatic rings. The maximum atomic E-state index is 13.0. The summed E-state index contributed by atoms with van der Waals surface area (Å²) >= 11 is 7.08. The molecule has 1 amide bonds. The largest absolute Gasteiger partial charge is 0.324 e. The van der Waals surface area contributed by atoms with Crippen LogP contribution in [0, 0.1) is 26.6 Å². The van der Waals surface area contributed by atoms with Crippen LogP contribution in [0.4, 0.5) is 10.1 Å². The highest BCUT2D eigenvalue weighted by atomic mass is 35.5. The summed E-state index contributed by atoms with van der Waals surface area (Å²) in [6, 6.07) is 3.80. The zero-order valence-electron chi connectivity index (χ0n) is 13.8. The van der Waals surface area contributed by atoms with Gasteiger partial charge in [0.15, 0.2) is 0 Å². The Hall–Kier alpha value is -2.19. The molecule has 0 aliphatic heterocycles. The lowest BCUT2D eigenvalue weighted by molar-refractivity contribution is -0.113. The van der Waals surface area contributed by atoms with Gasteiger partial charge in [-0.1, -0.05) is 23.4 Å². The molecule has 0 atom stereocenters. The first kappa shape index (κ1) is 17.6. The van der Waals surface area contributed by atoms with Crippen LogP contribution in [0.15, 0.2) is 23.4 Å². The minimum absolute atomic E-state index is 0.0988. The normalized spacial score (nSPS) is 11.1. The van der Waals surface area contributed by atoms with Gasteiger partial charge in [0.25, 0.3) is 5.78 Å². The minimum atomic E-state index is -0.459. The summed E-state index contributed by atoms with van der Waals surface area (Å²) in [5.41, 5.74) is 3.28. The highest BCUT2D eigenvalue weighted by molar-refractivity contribution is 7.99. The molecular formula is C16H15ClFN5OS. The van der Waals surface area contributed by atoms with Gasteiger partial charge in [-0.15, -0.1) is 5.10 Å². The zero-order valence-corrected chi connectivity index (χ0v) is 15.4. The van der Waals surface area contributed by atoms with E-state index in [9.17, 15) is 9.18 Å². The third kappa shape index (κ3) is 3.74. The number of aryl methyl sites for hydroxylation is 2. The van der Waals surface area contributed by atoms with Gasteiger partial charge in [-0.05, 0) is 44.5 Å². The predicted molar refractivity (Wildman–Crippen MR) is 95.8 cm³/mol. The van der Waals surface area contributed by atoms with Gasteiger partial charge in [0.05, 0.1) is 16.5 Å². The topological polar surface area (TPSA) is 72.2 Å². The van der Waals surface area contributed by atoms with Crippen LogP contribution in [-0.4, -0.2) is 31.2 Å². The number of hydrogen-bond acceptors (Lipinski definition) is 5. The van der Waals surface area contributed by atoms with E-state index in [-0.39, 0.29) is 16.7 Å². The molecule has 0 aliphatic rings. The molecule has 0 radical (unpaired) electrons. The molecule has 0 saturated carbocycles. The highest BCUT2D eigenvalue weighted by Gasteiger charge is 2.13. The van der Waals surface area contributed by atoms with Gasteiger partial charge >= 0.3 is 0 Å². The summed E-state index contributed by atoms with van der Waals surface area (Å²) in [5.74, 6) is -0.138. The van der Waals surface area contributed by atoms with Crippen molar-refractivity contribution in [2.45, 2.75) is 25.9 Å². The van der Waals surface area contributed by atoms with E-state index < -0.39 is 5.82 Å². The van der Waals surface area contributed by atoms with Crippen molar-refractivity contribution in [2.75, 3.05) is 11.1 Å². The molecule has 9 heteroatoms. The zero-order chi connectivity index (χ0) is 18.1. The maximum Gasteiger partial charge on any atom is 0.253 e. The third-order valence-electron chi connectivity index (χ3n) is 3.78. The molecule has 1 aromatic carbocycles. The van der Waals surface area contributed by atoms with Crippen LogP contribution in [0.25, 0.3) is 5.78 Å². The van der Waals surface area contributed by atoms with Gasteiger partial charge in [0.1, 0.15) is 5.82 Å². The fourth-order valence-electron chi connectivity index (χ4n) is 2.21. The monoisotopic (exact) mass is 379 g/mol. The SMILES string of the molecule is Cc1nc2nc(SCC(=O)Nc3ccc(F)cc3Cl)nn2c(C)c1C. The van der Waals surface area contributed by atoms with Gasteiger partial charge in [0, 0.05) is 11.4 Å². The summed E-state index contributed by atoms with van der Waals surface area (Å²) in [6.45, 7) is 5.85. The molecule has 0 unspecified atom stereocenters. The van der Waals surface area contributed by atoms with Crippen LogP contribution in [0.1, 0.15) is 17.0 Å². The maximum absolute atomic E-state index is 13.0. The van der Waals surface area contributed by atoms with Crippen LogP contribution in [-0.2, 0) is 4.79 Å². The molecular weight excluding hydrogens is 365 g/mol. The number of thioether (sulfide) groups is 1. The number of nitrogens with one attached hydrogen (secondary N) is 1. The highest BCUT2D eigenvalue weighted by Crippen LogP contribution is 2.23. The molecule has 25 heavy (non-hydrogen) atoms. The van der Waals surface area contributed by atoms with Gasteiger partial charge < -0.3 is 5.32 Å². The Morgan fingerprint density at radius 2 is 2.08 bits per heavy atom. The number of halogens is 2. The number of carbonyl (C=O) groups excluding carboxylic acids is 1. The van der Waals surface area contributed by atoms with Gasteiger partial charge in [0.2, 0.25) is 11.1 Å². The lowest BCUT2D eigenvalue weighted by Gasteiger charge is -2.06. The third-order valence-corrected chi connectivity index (χ3v) is 4.93. The Labute approximate surface area is 152 Å². The molecule has 1 N–H and O–H groups in total. The predicted octanol–water partition coefficient (Wildman–Crippen LogP) is 3.57. The van der Waals surface area contributed by atoms with Gasteiger partial charge in [-0.3, -0.25) is 4.79 Å². The number of carbonyl (C=O) groups is 1. The van der Waals surface area contributed by atoms with E-state index in [4.69, 9.17) is 11.6 Å². The number of benzene rings is 1. The summed E-state index contributed by atoms with van der Waals surface area (Å²) in [5, 5.41) is 7.61. The molecule has 2 aromatic heterocycles. The first-order valence-electron chi connectivity index (χ1n) is 7.43. The van der Waals surface area contributed by atoms with E-state index in [0.29, 0.717) is 16.6 Å². The van der Waals surface area contributed by atoms with Gasteiger partial charge in [-0.2, -0.15) is 4.98 Å². The summed E-state index contributed by atoms with van der Waals surface area (Å²) in [4.78, 5) is 20.8. The molecule has 3 rings (SSSR count). The summed E-state index contributed by atoms with van der Waals surface area (Å²) < 4.78 is 14.7. The second-order valence-electron chi connectivity index (χ2n) is 5.47. The standard InChI is InChI=1S/C16H15ClFN5OS/c1-8-9(2)19-15-21-16(22-23(15)10(8)3)25-7-14(24)20-13-5-4-11(18)6-12(13)17/h4-6H,7H2,1-3H3,(H,20,24). The van der Waals surface area contributed by atoms with Crippen molar-refractivity contribution in [3.63, 3.8) is 0 Å². The van der Waals surface area contributed by atoms with E-state index in [1.54, 1.807) is 4.52 Å². The number of fused-ring (bicyclic) bond motifs is 1. The van der Waals surface area contributed by atoms with Crippen molar-refractivity contribution in [2.24, 2.45) is 0 Å². The number of aromatic nitrogens is 4. The molecule has 130 valence electrons. The summed E-state index contributed by atoms with van der Waals surface area (Å²) in [6.07, 6.45) is 0. The Morgan fingerprint density at radius 3 is 2.80 bits per heavy atom. The van der Waals surface area contributed by atoms with Gasteiger partial charge in [-0.25, -0.2) is 13.9 Å². The average molecular weight is 380 g/mol. The summed E-state index contributed by atoms with van der Waals surface area (Å²) in [7, 11) is 0. The van der Waals surface area contributed by atoms with Crippen LogP contribution >= 0.6 is 23.4 Å². The number of amides is 1. The lowest BCUT2D eigenvalue weighted by Crippen LogP contribution is -2.14. The minimum Gasteiger partial charge on any atom is -0.324 e. The van der Waals surface area contributed by atoms with Crippen molar-refractivity contribution in [3.8, 4) is 0 Å². The molecule has 6 nitrogen and oxygen atoms in total. The fourth-order valence-corrected chi connectivity index (χ4v) is 3.04. The van der Waals surface area contributed by atoms with Crippen molar-refractivity contribution >= 4 is 40.7 Å². The van der Waals surface area contributed by atoms with Crippen LogP contribution in [0.5, 0.6) is 0 Å². The second-order valence-corrected chi connectivity index (χ2v) is 6.82. The van der Waals surface area contributed by atoms with E-state index in [1.165, 1.54) is 23.9 Å². The molecule has 0 fully saturated rings. The molecule has 0 saturated heterocycles. The molecule has 2 heterocycles. The van der Waals surface area contributed by atoms with Crippen molar-refractivity contribution in [1.82, 2.24) is 19.6 Å². The number of rotatable bonds is 4. The Kier molecular flexibility index (Phi) is 4.91. The average Bonchev–Trinajstić information content (AvgIpc) is 2.96. The van der Waals surface area contributed by atoms with E-state index in [2.05, 4.69) is 20.4 Å². The Balaban J connectivity index is 1.70. The number of nitrogens with zero attached hydrogens (tertiary/aromatic N) is 4. The first-order chi connectivity index (χ1) is 11.8. The fraction of sp³-hybridized carbons (Fsp3) is 0.250. The Morgan fingerprint density at radius 1 is 1.32 bits per heavy atom. The van der Waals surface area contributed by atoms with Crippen molar-refractivity contribution in [3.05, 3.63) is 46.0 Å². The van der Waals surface area contributed by atoms with E-state index in [0.717, 1.165) is 23.0 Å².